The molecule has 0 spiro atoms. The first-order chi connectivity index (χ1) is 8.34. The van der Waals surface area contributed by atoms with E-state index < -0.39 is 16.6 Å². The molecule has 2 aliphatic rings. The minimum atomic E-state index is -1.09. The van der Waals surface area contributed by atoms with E-state index in [0.29, 0.717) is 5.92 Å². The van der Waals surface area contributed by atoms with Gasteiger partial charge < -0.3 is 5.11 Å². The molecule has 0 heterocycles. The normalized spacial score (nSPS) is 39.1. The Balaban J connectivity index is 2.09. The third-order valence-corrected chi connectivity index (χ3v) is 6.15. The first-order valence-corrected chi connectivity index (χ1v) is 8.39. The van der Waals surface area contributed by atoms with Gasteiger partial charge in [-0.3, -0.25) is 0 Å². The van der Waals surface area contributed by atoms with Crippen molar-refractivity contribution in [3.05, 3.63) is 0 Å². The Bertz CT molecular complexity index is 324. The molecule has 4 atom stereocenters. The molecule has 1 unspecified atom stereocenters. The number of nitrogens with one attached hydrogen (secondary N) is 1. The summed E-state index contributed by atoms with van der Waals surface area (Å²) in [5.74, 6) is 0.412. The smallest absolute Gasteiger partial charge is 0.0973 e. The zero-order valence-electron chi connectivity index (χ0n) is 11.9. The summed E-state index contributed by atoms with van der Waals surface area (Å²) in [5.41, 5.74) is -0.614. The van der Waals surface area contributed by atoms with Crippen molar-refractivity contribution in [2.24, 2.45) is 5.92 Å². The van der Waals surface area contributed by atoms with E-state index in [4.69, 9.17) is 0 Å². The molecule has 0 bridgehead atoms. The quantitative estimate of drug-likeness (QED) is 0.812. The van der Waals surface area contributed by atoms with E-state index in [1.54, 1.807) is 0 Å². The van der Waals surface area contributed by atoms with Gasteiger partial charge in [-0.15, -0.1) is 0 Å². The Hall–Kier alpha value is 0.0700. The van der Waals surface area contributed by atoms with Crippen molar-refractivity contribution in [2.45, 2.75) is 82.1 Å². The molecule has 106 valence electrons. The highest BCUT2D eigenvalue weighted by atomic mass is 32.2. The van der Waals surface area contributed by atoms with Crippen LogP contribution in [0.2, 0.25) is 0 Å². The zero-order chi connectivity index (χ0) is 13.4. The van der Waals surface area contributed by atoms with Gasteiger partial charge in [0.05, 0.1) is 21.3 Å². The molecule has 2 fully saturated rings. The maximum absolute atomic E-state index is 12.2. The van der Waals surface area contributed by atoms with Gasteiger partial charge in [0.1, 0.15) is 0 Å². The fraction of sp³-hybridized carbons (Fsp3) is 1.00. The maximum Gasteiger partial charge on any atom is 0.0973 e. The summed E-state index contributed by atoms with van der Waals surface area (Å²) < 4.78 is 15.2. The standard InChI is InChI=1S/C14H27NO2S/c1-13(2,3)18(17)15-12-9-6-8-11-7-4-5-10-14(11,12)16/h11-12,15-16H,4-10H2,1-3H3/t11?,12-,14-,18+/m0/s1. The molecule has 0 aromatic heterocycles. The van der Waals surface area contributed by atoms with Crippen LogP contribution in [0.5, 0.6) is 0 Å². The van der Waals surface area contributed by atoms with Crippen molar-refractivity contribution in [1.82, 2.24) is 4.72 Å². The lowest BCUT2D eigenvalue weighted by molar-refractivity contribution is -0.0929. The summed E-state index contributed by atoms with van der Waals surface area (Å²) in [4.78, 5) is 0. The predicted octanol–water partition coefficient (Wildman–Crippen LogP) is 2.51. The van der Waals surface area contributed by atoms with E-state index in [1.165, 1.54) is 6.42 Å². The summed E-state index contributed by atoms with van der Waals surface area (Å²) in [6.07, 6.45) is 7.58. The molecular formula is C14H27NO2S. The van der Waals surface area contributed by atoms with Crippen LogP contribution in [0.3, 0.4) is 0 Å². The molecule has 18 heavy (non-hydrogen) atoms. The first kappa shape index (κ1) is 14.5. The van der Waals surface area contributed by atoms with E-state index in [0.717, 1.165) is 38.5 Å². The number of aliphatic hydroxyl groups is 1. The minimum Gasteiger partial charge on any atom is -0.388 e. The SMILES string of the molecule is CC(C)(C)[S@@](=O)N[C@H]1CCCC2CCCC[C@]21O. The molecule has 4 heteroatoms. The van der Waals surface area contributed by atoms with Crippen molar-refractivity contribution in [1.29, 1.82) is 0 Å². The zero-order valence-corrected chi connectivity index (χ0v) is 12.7. The first-order valence-electron chi connectivity index (χ1n) is 7.24. The van der Waals surface area contributed by atoms with E-state index in [9.17, 15) is 9.32 Å². The van der Waals surface area contributed by atoms with E-state index in [2.05, 4.69) is 4.72 Å². The summed E-state index contributed by atoms with van der Waals surface area (Å²) >= 11 is 0. The lowest BCUT2D eigenvalue weighted by atomic mass is 9.65. The van der Waals surface area contributed by atoms with Crippen LogP contribution < -0.4 is 4.72 Å². The fourth-order valence-electron chi connectivity index (χ4n) is 3.39. The Morgan fingerprint density at radius 3 is 2.50 bits per heavy atom. The molecule has 2 saturated carbocycles. The lowest BCUT2D eigenvalue weighted by Gasteiger charge is -2.49. The third kappa shape index (κ3) is 2.81. The van der Waals surface area contributed by atoms with E-state index in [-0.39, 0.29) is 10.8 Å². The van der Waals surface area contributed by atoms with Crippen LogP contribution in [0.25, 0.3) is 0 Å². The average molecular weight is 273 g/mol. The Morgan fingerprint density at radius 2 is 1.83 bits per heavy atom. The fourth-order valence-corrected chi connectivity index (χ4v) is 4.33. The second-order valence-corrected chi connectivity index (χ2v) is 8.91. The summed E-state index contributed by atoms with van der Waals surface area (Å²) in [5, 5.41) is 11.0. The average Bonchev–Trinajstić information content (AvgIpc) is 2.28. The topological polar surface area (TPSA) is 49.3 Å². The van der Waals surface area contributed by atoms with Crippen molar-refractivity contribution < 1.29 is 9.32 Å². The minimum absolute atomic E-state index is 0.0107. The number of hydrogen-bond donors (Lipinski definition) is 2. The monoisotopic (exact) mass is 273 g/mol. The second kappa shape index (κ2) is 5.22. The van der Waals surface area contributed by atoms with Gasteiger partial charge in [-0.2, -0.15) is 0 Å². The van der Waals surface area contributed by atoms with Gasteiger partial charge in [-0.05, 0) is 52.4 Å². The summed E-state index contributed by atoms with van der Waals surface area (Å²) in [7, 11) is -1.09. The highest BCUT2D eigenvalue weighted by Crippen LogP contribution is 2.44. The van der Waals surface area contributed by atoms with Gasteiger partial charge in [-0.25, -0.2) is 8.93 Å². The molecule has 0 amide bonds. The Kier molecular flexibility index (Phi) is 4.20. The largest absolute Gasteiger partial charge is 0.388 e. The molecule has 0 aliphatic heterocycles. The highest BCUT2D eigenvalue weighted by molar-refractivity contribution is 7.84. The van der Waals surface area contributed by atoms with Gasteiger partial charge in [0.2, 0.25) is 0 Å². The van der Waals surface area contributed by atoms with Crippen LogP contribution in [0.15, 0.2) is 0 Å². The van der Waals surface area contributed by atoms with Crippen molar-refractivity contribution in [3.63, 3.8) is 0 Å². The van der Waals surface area contributed by atoms with Crippen molar-refractivity contribution in [3.8, 4) is 0 Å². The highest BCUT2D eigenvalue weighted by Gasteiger charge is 2.48. The van der Waals surface area contributed by atoms with Crippen LogP contribution in [0.4, 0.5) is 0 Å². The predicted molar refractivity (Wildman–Crippen MR) is 75.6 cm³/mol. The molecule has 0 aromatic carbocycles. The number of hydrogen-bond acceptors (Lipinski definition) is 2. The van der Waals surface area contributed by atoms with Crippen LogP contribution in [0.1, 0.15) is 65.7 Å². The van der Waals surface area contributed by atoms with Crippen molar-refractivity contribution in [2.75, 3.05) is 0 Å². The number of fused-ring (bicyclic) bond motifs is 1. The Morgan fingerprint density at radius 1 is 1.17 bits per heavy atom. The molecule has 0 aromatic rings. The maximum atomic E-state index is 12.2. The van der Waals surface area contributed by atoms with Crippen LogP contribution in [-0.4, -0.2) is 25.7 Å². The molecule has 2 N–H and O–H groups in total. The lowest BCUT2D eigenvalue weighted by Crippen LogP contribution is -2.60. The van der Waals surface area contributed by atoms with Crippen LogP contribution >= 0.6 is 0 Å². The molecule has 3 nitrogen and oxygen atoms in total. The van der Waals surface area contributed by atoms with Gasteiger partial charge >= 0.3 is 0 Å². The summed E-state index contributed by atoms with van der Waals surface area (Å²) in [6.45, 7) is 5.92. The number of rotatable bonds is 2. The summed E-state index contributed by atoms with van der Waals surface area (Å²) in [6, 6.07) is 0.0107. The molecule has 0 radical (unpaired) electrons. The van der Waals surface area contributed by atoms with E-state index >= 15 is 0 Å². The van der Waals surface area contributed by atoms with E-state index in [1.807, 2.05) is 20.8 Å². The van der Waals surface area contributed by atoms with Gasteiger partial charge in [0, 0.05) is 6.04 Å². The van der Waals surface area contributed by atoms with Crippen LogP contribution in [0, 0.1) is 5.92 Å². The molecular weight excluding hydrogens is 246 g/mol. The third-order valence-electron chi connectivity index (χ3n) is 4.54. The van der Waals surface area contributed by atoms with Gasteiger partial charge in [0.25, 0.3) is 0 Å². The molecule has 2 aliphatic carbocycles. The van der Waals surface area contributed by atoms with Crippen molar-refractivity contribution >= 4 is 11.0 Å². The van der Waals surface area contributed by atoms with Crippen LogP contribution in [-0.2, 0) is 11.0 Å². The van der Waals surface area contributed by atoms with Gasteiger partial charge in [0.15, 0.2) is 0 Å². The van der Waals surface area contributed by atoms with Gasteiger partial charge in [-0.1, -0.05) is 19.3 Å². The molecule has 2 rings (SSSR count). The Labute approximate surface area is 113 Å². The second-order valence-electron chi connectivity index (χ2n) is 6.92. The molecule has 0 saturated heterocycles.